The van der Waals surface area contributed by atoms with Crippen LogP contribution >= 0.6 is 0 Å². The van der Waals surface area contributed by atoms with E-state index in [0.29, 0.717) is 41.9 Å². The lowest BCUT2D eigenvalue weighted by atomic mass is 9.97. The topological polar surface area (TPSA) is 75.3 Å². The molecular weight excluding hydrogens is 408 g/mol. The fourth-order valence-corrected chi connectivity index (χ4v) is 4.80. The molecule has 2 aliphatic rings. The molecule has 180 valence electrons. The molecule has 0 bridgehead atoms. The van der Waals surface area contributed by atoms with Crippen LogP contribution in [0.4, 0.5) is 10.5 Å². The quantitative estimate of drug-likeness (QED) is 0.604. The highest BCUT2D eigenvalue weighted by Gasteiger charge is 2.31. The molecule has 8 heteroatoms. The minimum absolute atomic E-state index is 0.209. The van der Waals surface area contributed by atoms with Gasteiger partial charge in [-0.2, -0.15) is 0 Å². The molecule has 2 fully saturated rings. The summed E-state index contributed by atoms with van der Waals surface area (Å²) in [6, 6.07) is 6.85. The molecule has 32 heavy (non-hydrogen) atoms. The van der Waals surface area contributed by atoms with Crippen molar-refractivity contribution in [3.05, 3.63) is 18.2 Å². The van der Waals surface area contributed by atoms with E-state index >= 15 is 0 Å². The molecule has 1 aromatic carbocycles. The number of rotatable bonds is 9. The lowest BCUT2D eigenvalue weighted by molar-refractivity contribution is 0.000292. The second-order valence-corrected chi connectivity index (χ2v) is 8.89. The maximum absolute atomic E-state index is 12.5. The van der Waals surface area contributed by atoms with Gasteiger partial charge >= 0.3 is 6.03 Å². The van der Waals surface area contributed by atoms with Crippen molar-refractivity contribution >= 4 is 11.7 Å². The van der Waals surface area contributed by atoms with E-state index in [4.69, 9.17) is 14.2 Å². The van der Waals surface area contributed by atoms with Gasteiger partial charge in [0.1, 0.15) is 0 Å². The molecule has 0 atom stereocenters. The van der Waals surface area contributed by atoms with Crippen molar-refractivity contribution in [2.45, 2.75) is 57.7 Å². The van der Waals surface area contributed by atoms with Crippen LogP contribution in [0.3, 0.4) is 0 Å². The third kappa shape index (κ3) is 6.73. The molecule has 0 aliphatic carbocycles. The van der Waals surface area contributed by atoms with Gasteiger partial charge in [-0.1, -0.05) is 0 Å². The van der Waals surface area contributed by atoms with Gasteiger partial charge in [-0.05, 0) is 64.8 Å². The molecule has 0 saturated carbocycles. The number of hydrogen-bond acceptors (Lipinski definition) is 6. The molecular formula is C24H40N4O4. The number of urea groups is 1. The van der Waals surface area contributed by atoms with Crippen molar-refractivity contribution in [1.29, 1.82) is 0 Å². The second-order valence-electron chi connectivity index (χ2n) is 8.89. The van der Waals surface area contributed by atoms with E-state index in [9.17, 15) is 4.79 Å². The molecule has 2 heterocycles. The summed E-state index contributed by atoms with van der Waals surface area (Å²) in [5.74, 6) is 1.22. The molecule has 2 N–H and O–H groups in total. The van der Waals surface area contributed by atoms with Crippen molar-refractivity contribution in [3.8, 4) is 11.5 Å². The Morgan fingerprint density at radius 1 is 1.09 bits per heavy atom. The third-order valence-corrected chi connectivity index (χ3v) is 6.66. The van der Waals surface area contributed by atoms with Gasteiger partial charge in [-0.15, -0.1) is 0 Å². The first kappa shape index (κ1) is 24.6. The number of methoxy groups -OCH3 is 2. The van der Waals surface area contributed by atoms with Crippen molar-refractivity contribution in [2.75, 3.05) is 58.9 Å². The number of likely N-dealkylation sites (tertiary alicyclic amines) is 1. The Balaban J connectivity index is 1.52. The summed E-state index contributed by atoms with van der Waals surface area (Å²) in [4.78, 5) is 17.7. The Kier molecular flexibility index (Phi) is 9.44. The first-order valence-electron chi connectivity index (χ1n) is 11.9. The Morgan fingerprint density at radius 2 is 1.75 bits per heavy atom. The predicted molar refractivity (Wildman–Crippen MR) is 127 cm³/mol. The van der Waals surface area contributed by atoms with E-state index in [1.807, 2.05) is 0 Å². The van der Waals surface area contributed by atoms with Crippen molar-refractivity contribution < 1.29 is 19.0 Å². The van der Waals surface area contributed by atoms with Crippen LogP contribution in [0.5, 0.6) is 11.5 Å². The zero-order chi connectivity index (χ0) is 22.9. The molecule has 2 saturated heterocycles. The number of piperidine rings is 1. The zero-order valence-corrected chi connectivity index (χ0v) is 20.1. The highest BCUT2D eigenvalue weighted by molar-refractivity contribution is 5.89. The summed E-state index contributed by atoms with van der Waals surface area (Å²) >= 11 is 0. The van der Waals surface area contributed by atoms with Gasteiger partial charge in [0.2, 0.25) is 0 Å². The minimum Gasteiger partial charge on any atom is -0.493 e. The summed E-state index contributed by atoms with van der Waals surface area (Å²) in [6.07, 6.45) is 4.52. The lowest BCUT2D eigenvalue weighted by Gasteiger charge is -2.44. The maximum atomic E-state index is 12.5. The fourth-order valence-electron chi connectivity index (χ4n) is 4.80. The zero-order valence-electron chi connectivity index (χ0n) is 20.1. The molecule has 0 unspecified atom stereocenters. The number of ether oxygens (including phenoxy) is 3. The molecule has 2 aliphatic heterocycles. The van der Waals surface area contributed by atoms with Crippen molar-refractivity contribution in [3.63, 3.8) is 0 Å². The Bertz CT molecular complexity index is 716. The van der Waals surface area contributed by atoms with Crippen LogP contribution in [0.25, 0.3) is 0 Å². The van der Waals surface area contributed by atoms with Crippen LogP contribution in [0.15, 0.2) is 18.2 Å². The number of hydrogen-bond donors (Lipinski definition) is 2. The van der Waals surface area contributed by atoms with E-state index in [0.717, 1.165) is 45.7 Å². The first-order chi connectivity index (χ1) is 15.5. The number of nitrogens with one attached hydrogen (secondary N) is 2. The Labute approximate surface area is 192 Å². The summed E-state index contributed by atoms with van der Waals surface area (Å²) < 4.78 is 16.2. The average Bonchev–Trinajstić information content (AvgIpc) is 2.82. The van der Waals surface area contributed by atoms with E-state index in [2.05, 4.69) is 34.3 Å². The fraction of sp³-hybridized carbons (Fsp3) is 0.708. The van der Waals surface area contributed by atoms with Crippen LogP contribution in [0.1, 0.15) is 39.5 Å². The largest absolute Gasteiger partial charge is 0.493 e. The number of anilines is 1. The molecule has 1 aromatic rings. The molecule has 0 aromatic heterocycles. The molecule has 0 radical (unpaired) electrons. The number of carbonyl (C=O) groups is 1. The van der Waals surface area contributed by atoms with E-state index in [-0.39, 0.29) is 6.03 Å². The summed E-state index contributed by atoms with van der Waals surface area (Å²) in [5.41, 5.74) is 0.669. The lowest BCUT2D eigenvalue weighted by Crippen LogP contribution is -2.53. The monoisotopic (exact) mass is 448 g/mol. The third-order valence-electron chi connectivity index (χ3n) is 6.66. The number of amides is 2. The number of nitrogens with zero attached hydrogens (tertiary/aromatic N) is 2. The molecule has 3 rings (SSSR count). The van der Waals surface area contributed by atoms with Gasteiger partial charge in [-0.25, -0.2) is 4.79 Å². The molecule has 8 nitrogen and oxygen atoms in total. The van der Waals surface area contributed by atoms with Gasteiger partial charge in [0.15, 0.2) is 11.5 Å². The number of benzene rings is 1. The summed E-state index contributed by atoms with van der Waals surface area (Å²) in [7, 11) is 3.17. The molecule has 2 amide bonds. The average molecular weight is 449 g/mol. The minimum atomic E-state index is -0.209. The maximum Gasteiger partial charge on any atom is 0.319 e. The highest BCUT2D eigenvalue weighted by Crippen LogP contribution is 2.29. The predicted octanol–water partition coefficient (Wildman–Crippen LogP) is 3.18. The number of carbonyl (C=O) groups excluding carboxylic acids is 1. The van der Waals surface area contributed by atoms with Gasteiger partial charge in [0.25, 0.3) is 0 Å². The standard InChI is InChI=1S/C24H40N4O4/c1-18(2)27-12-7-20(8-13-27)28(21-9-15-32-16-10-21)14-11-25-24(29)26-19-5-6-22(30-3)23(17-19)31-4/h5-6,17-18,20-21H,7-16H2,1-4H3,(H2,25,26,29). The normalized spacial score (nSPS) is 18.7. The van der Waals surface area contributed by atoms with Gasteiger partial charge in [0, 0.05) is 56.2 Å². The second kappa shape index (κ2) is 12.3. The molecule has 0 spiro atoms. The van der Waals surface area contributed by atoms with Crippen molar-refractivity contribution in [1.82, 2.24) is 15.1 Å². The van der Waals surface area contributed by atoms with Crippen LogP contribution < -0.4 is 20.1 Å². The smallest absolute Gasteiger partial charge is 0.319 e. The van der Waals surface area contributed by atoms with Crippen LogP contribution in [0.2, 0.25) is 0 Å². The van der Waals surface area contributed by atoms with Gasteiger partial charge in [0.05, 0.1) is 14.2 Å². The van der Waals surface area contributed by atoms with Crippen LogP contribution in [-0.4, -0.2) is 87.6 Å². The van der Waals surface area contributed by atoms with Gasteiger partial charge < -0.3 is 29.7 Å². The van der Waals surface area contributed by atoms with E-state index in [1.54, 1.807) is 32.4 Å². The Morgan fingerprint density at radius 3 is 2.38 bits per heavy atom. The summed E-state index contributed by atoms with van der Waals surface area (Å²) in [5, 5.41) is 5.92. The van der Waals surface area contributed by atoms with Crippen LogP contribution in [-0.2, 0) is 4.74 Å². The first-order valence-corrected chi connectivity index (χ1v) is 11.9. The Hall–Kier alpha value is -2.03. The van der Waals surface area contributed by atoms with Gasteiger partial charge in [-0.3, -0.25) is 4.90 Å². The van der Waals surface area contributed by atoms with E-state index in [1.165, 1.54) is 12.8 Å². The summed E-state index contributed by atoms with van der Waals surface area (Å²) in [6.45, 7) is 9.98. The van der Waals surface area contributed by atoms with Crippen LogP contribution in [0, 0.1) is 0 Å². The van der Waals surface area contributed by atoms with E-state index < -0.39 is 0 Å². The SMILES string of the molecule is COc1ccc(NC(=O)NCCN(C2CCOCC2)C2CCN(C(C)C)CC2)cc1OC. The highest BCUT2D eigenvalue weighted by atomic mass is 16.5. The van der Waals surface area contributed by atoms with Crippen molar-refractivity contribution in [2.24, 2.45) is 0 Å².